The summed E-state index contributed by atoms with van der Waals surface area (Å²) in [7, 11) is 0. The smallest absolute Gasteiger partial charge is 0.101 e. The Kier molecular flexibility index (Phi) is 10.9. The van der Waals surface area contributed by atoms with Gasteiger partial charge in [-0.05, 0) is 26.0 Å². The molecular formula is C10H20O. The Morgan fingerprint density at radius 1 is 0.818 bits per heavy atom. The first-order valence-electron chi connectivity index (χ1n) is 4.32. The quantitative estimate of drug-likeness (QED) is 0.554. The van der Waals surface area contributed by atoms with Crippen LogP contribution in [-0.2, 0) is 0 Å². The maximum atomic E-state index is 5.08. The summed E-state index contributed by atoms with van der Waals surface area (Å²) in [6.07, 6.45) is 0. The lowest BCUT2D eigenvalue weighted by Crippen LogP contribution is -1.53. The highest BCUT2D eigenvalue weighted by Crippen LogP contribution is 2.02. The first-order chi connectivity index (χ1) is 5.29. The average Bonchev–Trinajstić information content (AvgIpc) is 2.43. The van der Waals surface area contributed by atoms with E-state index in [9.17, 15) is 0 Å². The topological polar surface area (TPSA) is 13.1 Å². The fourth-order valence-corrected chi connectivity index (χ4v) is 0.557. The molecule has 1 rings (SSSR count). The van der Waals surface area contributed by atoms with E-state index in [1.165, 1.54) is 0 Å². The van der Waals surface area contributed by atoms with E-state index in [2.05, 4.69) is 0 Å². The maximum absolute atomic E-state index is 5.08. The summed E-state index contributed by atoms with van der Waals surface area (Å²) in [5.74, 6) is 1.97. The molecule has 0 aliphatic heterocycles. The van der Waals surface area contributed by atoms with E-state index in [0.29, 0.717) is 0 Å². The van der Waals surface area contributed by atoms with Crippen molar-refractivity contribution in [1.29, 1.82) is 0 Å². The minimum atomic E-state index is 0.984. The molecule has 0 atom stereocenters. The number of hydrogen-bond donors (Lipinski definition) is 0. The molecule has 0 unspecified atom stereocenters. The van der Waals surface area contributed by atoms with Gasteiger partial charge in [0.1, 0.15) is 11.5 Å². The van der Waals surface area contributed by atoms with Crippen molar-refractivity contribution >= 4 is 0 Å². The normalized spacial score (nSPS) is 7.09. The second-order valence-corrected chi connectivity index (χ2v) is 1.66. The van der Waals surface area contributed by atoms with Crippen LogP contribution in [0.15, 0.2) is 16.5 Å². The van der Waals surface area contributed by atoms with Crippen LogP contribution in [0.4, 0.5) is 0 Å². The average molecular weight is 156 g/mol. The third-order valence-electron chi connectivity index (χ3n) is 0.875. The molecule has 0 radical (unpaired) electrons. The molecule has 0 amide bonds. The van der Waals surface area contributed by atoms with Crippen LogP contribution in [0.2, 0.25) is 0 Å². The zero-order valence-corrected chi connectivity index (χ0v) is 8.56. The number of aryl methyl sites for hydroxylation is 2. The van der Waals surface area contributed by atoms with Crippen molar-refractivity contribution < 1.29 is 4.42 Å². The van der Waals surface area contributed by atoms with Crippen LogP contribution in [0.3, 0.4) is 0 Å². The molecule has 0 saturated heterocycles. The Bertz CT molecular complexity index is 137. The Labute approximate surface area is 70.4 Å². The summed E-state index contributed by atoms with van der Waals surface area (Å²) in [6, 6.07) is 3.91. The lowest BCUT2D eigenvalue weighted by atomic mass is 10.5. The Morgan fingerprint density at radius 2 is 1.09 bits per heavy atom. The van der Waals surface area contributed by atoms with Crippen molar-refractivity contribution in [3.05, 3.63) is 23.7 Å². The molecular weight excluding hydrogens is 136 g/mol. The molecule has 0 bridgehead atoms. The van der Waals surface area contributed by atoms with Crippen LogP contribution < -0.4 is 0 Å². The highest BCUT2D eigenvalue weighted by Gasteiger charge is 1.85. The van der Waals surface area contributed by atoms with E-state index in [1.807, 2.05) is 53.7 Å². The van der Waals surface area contributed by atoms with Gasteiger partial charge in [0.25, 0.3) is 0 Å². The molecule has 0 N–H and O–H groups in total. The second kappa shape index (κ2) is 9.28. The van der Waals surface area contributed by atoms with Gasteiger partial charge in [0.2, 0.25) is 0 Å². The Balaban J connectivity index is 0. The van der Waals surface area contributed by atoms with Gasteiger partial charge in [0.05, 0.1) is 0 Å². The van der Waals surface area contributed by atoms with E-state index >= 15 is 0 Å². The largest absolute Gasteiger partial charge is 0.467 e. The van der Waals surface area contributed by atoms with Crippen molar-refractivity contribution in [3.8, 4) is 0 Å². The number of hydrogen-bond acceptors (Lipinski definition) is 1. The van der Waals surface area contributed by atoms with Gasteiger partial charge in [-0.1, -0.05) is 27.7 Å². The van der Waals surface area contributed by atoms with Crippen LogP contribution >= 0.6 is 0 Å². The van der Waals surface area contributed by atoms with E-state index in [4.69, 9.17) is 4.42 Å². The van der Waals surface area contributed by atoms with Crippen LogP contribution in [-0.4, -0.2) is 0 Å². The van der Waals surface area contributed by atoms with Crippen molar-refractivity contribution in [3.63, 3.8) is 0 Å². The van der Waals surface area contributed by atoms with E-state index in [0.717, 1.165) is 11.5 Å². The van der Waals surface area contributed by atoms with Crippen molar-refractivity contribution in [2.45, 2.75) is 41.5 Å². The first-order valence-corrected chi connectivity index (χ1v) is 4.32. The summed E-state index contributed by atoms with van der Waals surface area (Å²) in [5.41, 5.74) is 0. The van der Waals surface area contributed by atoms with Crippen molar-refractivity contribution in [2.75, 3.05) is 0 Å². The van der Waals surface area contributed by atoms with Crippen LogP contribution in [0.25, 0.3) is 0 Å². The van der Waals surface area contributed by atoms with Crippen LogP contribution in [0.1, 0.15) is 39.2 Å². The zero-order valence-electron chi connectivity index (χ0n) is 8.56. The predicted octanol–water partition coefficient (Wildman–Crippen LogP) is 3.95. The fourth-order valence-electron chi connectivity index (χ4n) is 0.557. The molecule has 1 aromatic rings. The van der Waals surface area contributed by atoms with Crippen molar-refractivity contribution in [1.82, 2.24) is 0 Å². The summed E-state index contributed by atoms with van der Waals surface area (Å²) in [4.78, 5) is 0. The molecule has 0 aliphatic rings. The van der Waals surface area contributed by atoms with E-state index in [1.54, 1.807) is 0 Å². The summed E-state index contributed by atoms with van der Waals surface area (Å²) < 4.78 is 5.08. The van der Waals surface area contributed by atoms with Gasteiger partial charge in [-0.2, -0.15) is 0 Å². The Hall–Kier alpha value is -0.720. The first kappa shape index (κ1) is 12.9. The molecule has 11 heavy (non-hydrogen) atoms. The van der Waals surface area contributed by atoms with Crippen LogP contribution in [0.5, 0.6) is 0 Å². The molecule has 0 spiro atoms. The highest BCUT2D eigenvalue weighted by molar-refractivity contribution is 5.02. The lowest BCUT2D eigenvalue weighted by Gasteiger charge is -1.76. The molecule has 1 aromatic heterocycles. The molecule has 0 fully saturated rings. The van der Waals surface area contributed by atoms with Gasteiger partial charge in [-0.15, -0.1) is 0 Å². The van der Waals surface area contributed by atoms with Gasteiger partial charge in [-0.25, -0.2) is 0 Å². The van der Waals surface area contributed by atoms with Gasteiger partial charge >= 0.3 is 0 Å². The molecule has 1 nitrogen and oxygen atoms in total. The minimum Gasteiger partial charge on any atom is -0.467 e. The fraction of sp³-hybridized carbons (Fsp3) is 0.600. The zero-order chi connectivity index (χ0) is 9.28. The summed E-state index contributed by atoms with van der Waals surface area (Å²) >= 11 is 0. The van der Waals surface area contributed by atoms with Gasteiger partial charge in [0.15, 0.2) is 0 Å². The maximum Gasteiger partial charge on any atom is 0.101 e. The summed E-state index contributed by atoms with van der Waals surface area (Å²) in [5, 5.41) is 0. The third-order valence-corrected chi connectivity index (χ3v) is 0.875. The van der Waals surface area contributed by atoms with Crippen LogP contribution in [0, 0.1) is 13.8 Å². The molecule has 0 aromatic carbocycles. The SMILES string of the molecule is CC.CC.Cc1ccc(C)o1. The van der Waals surface area contributed by atoms with Crippen molar-refractivity contribution in [2.24, 2.45) is 0 Å². The Morgan fingerprint density at radius 3 is 1.18 bits per heavy atom. The number of furan rings is 1. The molecule has 0 aliphatic carbocycles. The highest BCUT2D eigenvalue weighted by atomic mass is 16.3. The van der Waals surface area contributed by atoms with Gasteiger partial charge in [0, 0.05) is 0 Å². The minimum absolute atomic E-state index is 0.984. The molecule has 0 saturated carbocycles. The summed E-state index contributed by atoms with van der Waals surface area (Å²) in [6.45, 7) is 11.9. The lowest BCUT2D eigenvalue weighted by molar-refractivity contribution is 0.504. The molecule has 66 valence electrons. The van der Waals surface area contributed by atoms with Gasteiger partial charge < -0.3 is 4.42 Å². The van der Waals surface area contributed by atoms with E-state index in [-0.39, 0.29) is 0 Å². The monoisotopic (exact) mass is 156 g/mol. The third kappa shape index (κ3) is 7.17. The number of rotatable bonds is 0. The van der Waals surface area contributed by atoms with Gasteiger partial charge in [-0.3, -0.25) is 0 Å². The molecule has 1 heteroatoms. The predicted molar refractivity (Wildman–Crippen MR) is 50.9 cm³/mol. The standard InChI is InChI=1S/C6H8O.2C2H6/c1-5-3-4-6(2)7-5;2*1-2/h3-4H,1-2H3;2*1-2H3. The second-order valence-electron chi connectivity index (χ2n) is 1.66. The van der Waals surface area contributed by atoms with E-state index < -0.39 is 0 Å². The molecule has 1 heterocycles.